The van der Waals surface area contributed by atoms with E-state index in [9.17, 15) is 0 Å². The largest absolute Gasteiger partial charge is 0.354 e. The lowest BCUT2D eigenvalue weighted by molar-refractivity contribution is 1.27. The summed E-state index contributed by atoms with van der Waals surface area (Å²) >= 11 is 2.38. The number of fused-ring (bicyclic) bond motifs is 8. The van der Waals surface area contributed by atoms with Gasteiger partial charge in [0.25, 0.3) is 0 Å². The first-order chi connectivity index (χ1) is 27.8. The maximum Gasteiger partial charge on any atom is 0.0737 e. The molecule has 2 aliphatic heterocycles. The first kappa shape index (κ1) is 37.8. The highest BCUT2D eigenvalue weighted by atomic mass is 127. The molecule has 3 aromatic heterocycles. The molecule has 0 aliphatic carbocycles. The van der Waals surface area contributed by atoms with Crippen molar-refractivity contribution in [3.05, 3.63) is 161 Å². The van der Waals surface area contributed by atoms with Crippen LogP contribution in [0.4, 0.5) is 0 Å². The van der Waals surface area contributed by atoms with Gasteiger partial charge in [0.15, 0.2) is 0 Å². The summed E-state index contributed by atoms with van der Waals surface area (Å²) in [6.07, 6.45) is 8.79. The molecule has 0 radical (unpaired) electrons. The number of aromatic nitrogens is 4. The van der Waals surface area contributed by atoms with E-state index in [1.807, 2.05) is 0 Å². The summed E-state index contributed by atoms with van der Waals surface area (Å²) in [5.41, 5.74) is 27.9. The summed E-state index contributed by atoms with van der Waals surface area (Å²) in [7, 11) is 0. The molecule has 9 rings (SSSR count). The van der Waals surface area contributed by atoms with Crippen molar-refractivity contribution < 1.29 is 0 Å². The number of aryl methyl sites for hydroxylation is 9. The van der Waals surface area contributed by atoms with Gasteiger partial charge in [-0.1, -0.05) is 65.2 Å². The fourth-order valence-corrected chi connectivity index (χ4v) is 10.00. The van der Waals surface area contributed by atoms with Gasteiger partial charge in [-0.05, 0) is 201 Å². The number of halogens is 1. The van der Waals surface area contributed by atoms with Crippen LogP contribution in [0.5, 0.6) is 0 Å². The Morgan fingerprint density at radius 1 is 0.345 bits per heavy atom. The maximum atomic E-state index is 5.60. The molecule has 0 fully saturated rings. The Kier molecular flexibility index (Phi) is 9.47. The quantitative estimate of drug-likeness (QED) is 0.173. The molecule has 58 heavy (non-hydrogen) atoms. The van der Waals surface area contributed by atoms with Crippen LogP contribution in [-0.4, -0.2) is 19.9 Å². The van der Waals surface area contributed by atoms with Crippen LogP contribution in [0.15, 0.2) is 84.9 Å². The molecule has 8 bridgehead atoms. The summed E-state index contributed by atoms with van der Waals surface area (Å²) in [5.74, 6) is 0. The zero-order chi connectivity index (χ0) is 40.6. The van der Waals surface area contributed by atoms with Crippen molar-refractivity contribution in [3.8, 4) is 44.5 Å². The average molecular weight is 868 g/mol. The van der Waals surface area contributed by atoms with Crippen LogP contribution in [0.3, 0.4) is 0 Å². The van der Waals surface area contributed by atoms with Gasteiger partial charge in [0.05, 0.1) is 22.8 Å². The van der Waals surface area contributed by atoms with Gasteiger partial charge in [0, 0.05) is 47.9 Å². The minimum absolute atomic E-state index is 0.916. The van der Waals surface area contributed by atoms with Gasteiger partial charge in [-0.25, -0.2) is 9.97 Å². The van der Waals surface area contributed by atoms with Crippen molar-refractivity contribution in [3.63, 3.8) is 0 Å². The van der Waals surface area contributed by atoms with Gasteiger partial charge in [-0.3, -0.25) is 0 Å². The van der Waals surface area contributed by atoms with Crippen molar-refractivity contribution in [1.29, 1.82) is 0 Å². The zero-order valence-corrected chi connectivity index (χ0v) is 36.8. The van der Waals surface area contributed by atoms with Crippen LogP contribution in [0, 0.1) is 65.9 Å². The van der Waals surface area contributed by atoms with E-state index < -0.39 is 0 Å². The van der Waals surface area contributed by atoms with E-state index in [1.165, 1.54) is 70.3 Å². The molecule has 5 heterocycles. The van der Waals surface area contributed by atoms with Gasteiger partial charge in [-0.15, -0.1) is 0 Å². The van der Waals surface area contributed by atoms with Crippen molar-refractivity contribution in [2.24, 2.45) is 0 Å². The topological polar surface area (TPSA) is 57.4 Å². The predicted molar refractivity (Wildman–Crippen MR) is 256 cm³/mol. The average Bonchev–Trinajstić information content (AvgIpc) is 3.99. The summed E-state index contributed by atoms with van der Waals surface area (Å²) < 4.78 is 1.19. The molecule has 0 spiro atoms. The standard InChI is InChI=1S/C53H47IN4/c1-28-22-31(4)47(32(5)23-28)51-41-16-14-39(55-41)50(37-10-12-38(54)13-11-37)40-15-17-42(56-40)52(48-33(6)24-29(2)25-34(48)7)44-19-21-46(58-44)53(45-20-18-43(51)57-45)49-35(8)26-30(3)27-36(49)9/h10-27,55,58H,1-9H3/i50+1. The first-order valence-corrected chi connectivity index (χ1v) is 21.1. The lowest BCUT2D eigenvalue weighted by Crippen LogP contribution is -1.96. The number of nitrogens with zero attached hydrogens (tertiary/aromatic N) is 2. The smallest absolute Gasteiger partial charge is 0.0737 e. The van der Waals surface area contributed by atoms with Crippen molar-refractivity contribution in [2.75, 3.05) is 0 Å². The monoisotopic (exact) mass is 867 g/mol. The number of hydrogen-bond acceptors (Lipinski definition) is 2. The van der Waals surface area contributed by atoms with E-state index in [2.05, 4.69) is 204 Å². The number of H-pyrrole nitrogens is 2. The fourth-order valence-electron chi connectivity index (χ4n) is 9.64. The molecule has 0 amide bonds. The Hall–Kier alpha value is -5.79. The third kappa shape index (κ3) is 6.55. The summed E-state index contributed by atoms with van der Waals surface area (Å²) in [6, 6.07) is 31.3. The van der Waals surface area contributed by atoms with Gasteiger partial charge in [-0.2, -0.15) is 0 Å². The summed E-state index contributed by atoms with van der Waals surface area (Å²) in [5, 5.41) is 0. The lowest BCUT2D eigenvalue weighted by atomic mass is 9.92. The Morgan fingerprint density at radius 2 is 0.621 bits per heavy atom. The van der Waals surface area contributed by atoms with E-state index in [0.717, 1.165) is 72.7 Å². The molecule has 5 heteroatoms. The number of benzene rings is 4. The van der Waals surface area contributed by atoms with Crippen LogP contribution >= 0.6 is 22.6 Å². The Balaban J connectivity index is 1.53. The highest BCUT2D eigenvalue weighted by Gasteiger charge is 2.22. The van der Waals surface area contributed by atoms with Crippen molar-refractivity contribution in [1.82, 2.24) is 19.9 Å². The highest BCUT2D eigenvalue weighted by molar-refractivity contribution is 14.1. The van der Waals surface area contributed by atoms with Gasteiger partial charge < -0.3 is 9.97 Å². The van der Waals surface area contributed by atoms with Crippen LogP contribution in [0.25, 0.3) is 90.9 Å². The number of aromatic amines is 2. The van der Waals surface area contributed by atoms with E-state index in [1.54, 1.807) is 0 Å². The molecular formula is C53H47IN4. The van der Waals surface area contributed by atoms with E-state index in [0.29, 0.717) is 0 Å². The second-order valence-corrected chi connectivity index (χ2v) is 17.6. The fraction of sp³-hybridized carbons (Fsp3) is 0.170. The maximum absolute atomic E-state index is 5.60. The molecule has 0 atom stereocenters. The predicted octanol–water partition coefficient (Wildman–Crippen LogP) is 14.7. The van der Waals surface area contributed by atoms with Crippen molar-refractivity contribution >= 4 is 69.0 Å². The van der Waals surface area contributed by atoms with E-state index in [4.69, 9.17) is 9.97 Å². The first-order valence-electron chi connectivity index (χ1n) is 20.0. The second-order valence-electron chi connectivity index (χ2n) is 16.3. The zero-order valence-electron chi connectivity index (χ0n) is 34.7. The molecule has 4 nitrogen and oxygen atoms in total. The van der Waals surface area contributed by atoms with Crippen LogP contribution in [0.2, 0.25) is 0 Å². The Morgan fingerprint density at radius 3 is 0.931 bits per heavy atom. The summed E-state index contributed by atoms with van der Waals surface area (Å²) in [6.45, 7) is 19.8. The Labute approximate surface area is 355 Å². The van der Waals surface area contributed by atoms with Crippen LogP contribution in [-0.2, 0) is 0 Å². The van der Waals surface area contributed by atoms with Gasteiger partial charge >= 0.3 is 0 Å². The minimum Gasteiger partial charge on any atom is -0.354 e. The normalized spacial score (nSPS) is 12.2. The van der Waals surface area contributed by atoms with Crippen LogP contribution in [0.1, 0.15) is 72.8 Å². The van der Waals surface area contributed by atoms with Crippen molar-refractivity contribution in [2.45, 2.75) is 62.3 Å². The lowest BCUT2D eigenvalue weighted by Gasteiger charge is -2.14. The number of nitrogens with one attached hydrogen (secondary N) is 2. The van der Waals surface area contributed by atoms with Gasteiger partial charge in [0.1, 0.15) is 0 Å². The Bertz CT molecular complexity index is 2970. The third-order valence-corrected chi connectivity index (χ3v) is 12.4. The van der Waals surface area contributed by atoms with Gasteiger partial charge in [0.2, 0.25) is 0 Å². The molecular weight excluding hydrogens is 821 g/mol. The molecule has 4 aromatic carbocycles. The third-order valence-electron chi connectivity index (χ3n) is 11.7. The number of rotatable bonds is 4. The SMILES string of the molecule is Cc1cc(C)c(-c2c3nc(c(-c4c(C)cc(C)cc4C)c4ccc([nH]4)[13c](-c4ccc(I)cc4)c4nc(c(-c5c(C)cc(C)cc5C)c5ccc2[nH]5)C=C4)C=C3)c(C)c1. The molecule has 2 N–H and O–H groups in total. The van der Waals surface area contributed by atoms with Crippen LogP contribution < -0.4 is 0 Å². The molecule has 0 unspecified atom stereocenters. The molecule has 2 aliphatic rings. The molecule has 0 saturated carbocycles. The summed E-state index contributed by atoms with van der Waals surface area (Å²) in [4.78, 5) is 19.1. The molecule has 7 aromatic rings. The molecule has 0 saturated heterocycles. The highest BCUT2D eigenvalue weighted by Crippen LogP contribution is 2.42. The molecule has 286 valence electrons. The number of hydrogen-bond donors (Lipinski definition) is 2. The second kappa shape index (κ2) is 14.5. The van der Waals surface area contributed by atoms with E-state index in [-0.39, 0.29) is 0 Å². The van der Waals surface area contributed by atoms with E-state index >= 15 is 0 Å². The minimum atomic E-state index is 0.916.